The lowest BCUT2D eigenvalue weighted by molar-refractivity contribution is 0.169. The van der Waals surface area contributed by atoms with Crippen molar-refractivity contribution in [3.63, 3.8) is 0 Å². The maximum atomic E-state index is 12.1. The number of piperidine rings is 1. The molecule has 1 aromatic heterocycles. The number of hydrogen-bond acceptors (Lipinski definition) is 2. The highest BCUT2D eigenvalue weighted by Crippen LogP contribution is 2.15. The van der Waals surface area contributed by atoms with Crippen LogP contribution in [0, 0.1) is 5.92 Å². The molecular weight excluding hydrogens is 252 g/mol. The number of para-hydroxylation sites is 2. The van der Waals surface area contributed by atoms with Gasteiger partial charge in [0.2, 0.25) is 0 Å². The molecule has 0 saturated carbocycles. The number of aromatic nitrogens is 2. The van der Waals surface area contributed by atoms with Gasteiger partial charge in [-0.1, -0.05) is 19.1 Å². The van der Waals surface area contributed by atoms with Gasteiger partial charge in [0.15, 0.2) is 0 Å². The maximum Gasteiger partial charge on any atom is 0.317 e. The van der Waals surface area contributed by atoms with E-state index in [9.17, 15) is 4.79 Å². The summed E-state index contributed by atoms with van der Waals surface area (Å²) < 4.78 is 0. The largest absolute Gasteiger partial charge is 0.340 e. The third kappa shape index (κ3) is 2.76. The van der Waals surface area contributed by atoms with Crippen molar-refractivity contribution in [2.75, 3.05) is 13.1 Å². The summed E-state index contributed by atoms with van der Waals surface area (Å²) in [6.07, 6.45) is 2.31. The van der Waals surface area contributed by atoms with E-state index in [2.05, 4.69) is 22.2 Å². The molecule has 1 aliphatic heterocycles. The SMILES string of the molecule is CC1CCCN(C(=O)NCc2nc3ccccc3[nH]2)C1. The number of likely N-dealkylation sites (tertiary alicyclic amines) is 1. The molecule has 2 aromatic rings. The van der Waals surface area contributed by atoms with Gasteiger partial charge < -0.3 is 15.2 Å². The zero-order valence-electron chi connectivity index (χ0n) is 11.7. The van der Waals surface area contributed by atoms with Crippen LogP contribution in [0.25, 0.3) is 11.0 Å². The number of benzene rings is 1. The first kappa shape index (κ1) is 13.0. The summed E-state index contributed by atoms with van der Waals surface area (Å²) in [5.74, 6) is 1.39. The van der Waals surface area contributed by atoms with Crippen LogP contribution in [0.5, 0.6) is 0 Å². The van der Waals surface area contributed by atoms with Gasteiger partial charge in [0.1, 0.15) is 5.82 Å². The van der Waals surface area contributed by atoms with E-state index in [0.717, 1.165) is 36.4 Å². The molecule has 0 spiro atoms. The number of nitrogens with one attached hydrogen (secondary N) is 2. The van der Waals surface area contributed by atoms with Gasteiger partial charge in [-0.2, -0.15) is 0 Å². The molecule has 2 N–H and O–H groups in total. The molecule has 20 heavy (non-hydrogen) atoms. The van der Waals surface area contributed by atoms with Gasteiger partial charge in [0.25, 0.3) is 0 Å². The number of nitrogens with zero attached hydrogens (tertiary/aromatic N) is 2. The first-order valence-electron chi connectivity index (χ1n) is 7.19. The summed E-state index contributed by atoms with van der Waals surface area (Å²) in [5.41, 5.74) is 1.94. The van der Waals surface area contributed by atoms with Crippen LogP contribution in [0.15, 0.2) is 24.3 Å². The lowest BCUT2D eigenvalue weighted by Crippen LogP contribution is -2.44. The molecule has 1 aliphatic rings. The van der Waals surface area contributed by atoms with Crippen molar-refractivity contribution in [3.8, 4) is 0 Å². The predicted molar refractivity (Wildman–Crippen MR) is 78.3 cm³/mol. The summed E-state index contributed by atoms with van der Waals surface area (Å²) in [6, 6.07) is 7.89. The smallest absolute Gasteiger partial charge is 0.317 e. The third-order valence-electron chi connectivity index (χ3n) is 3.79. The van der Waals surface area contributed by atoms with Gasteiger partial charge in [0.05, 0.1) is 17.6 Å². The topological polar surface area (TPSA) is 61.0 Å². The predicted octanol–water partition coefficient (Wildman–Crippen LogP) is 2.50. The van der Waals surface area contributed by atoms with E-state index in [1.807, 2.05) is 29.2 Å². The maximum absolute atomic E-state index is 12.1. The summed E-state index contributed by atoms with van der Waals surface area (Å²) >= 11 is 0. The van der Waals surface area contributed by atoms with Crippen LogP contribution in [-0.4, -0.2) is 34.0 Å². The number of fused-ring (bicyclic) bond motifs is 1. The van der Waals surface area contributed by atoms with Gasteiger partial charge in [0, 0.05) is 13.1 Å². The first-order valence-corrected chi connectivity index (χ1v) is 7.19. The van der Waals surface area contributed by atoms with Gasteiger partial charge in [-0.25, -0.2) is 9.78 Å². The van der Waals surface area contributed by atoms with E-state index >= 15 is 0 Å². The normalized spacial score (nSPS) is 19.2. The highest BCUT2D eigenvalue weighted by molar-refractivity contribution is 5.76. The number of carbonyl (C=O) groups excluding carboxylic acids is 1. The van der Waals surface area contributed by atoms with Gasteiger partial charge in [-0.05, 0) is 30.9 Å². The number of H-pyrrole nitrogens is 1. The van der Waals surface area contributed by atoms with Crippen LogP contribution in [0.1, 0.15) is 25.6 Å². The summed E-state index contributed by atoms with van der Waals surface area (Å²) in [7, 11) is 0. The van der Waals surface area contributed by atoms with Crippen molar-refractivity contribution in [1.29, 1.82) is 0 Å². The summed E-state index contributed by atoms with van der Waals surface area (Å²) in [6.45, 7) is 4.35. The molecule has 1 aromatic carbocycles. The molecule has 0 bridgehead atoms. The zero-order valence-corrected chi connectivity index (χ0v) is 11.7. The lowest BCUT2D eigenvalue weighted by Gasteiger charge is -2.30. The van der Waals surface area contributed by atoms with Crippen molar-refractivity contribution in [2.45, 2.75) is 26.3 Å². The molecular formula is C15H20N4O. The first-order chi connectivity index (χ1) is 9.72. The monoisotopic (exact) mass is 272 g/mol. The average Bonchev–Trinajstić information content (AvgIpc) is 2.87. The van der Waals surface area contributed by atoms with Gasteiger partial charge in [-0.15, -0.1) is 0 Å². The van der Waals surface area contributed by atoms with Crippen molar-refractivity contribution < 1.29 is 4.79 Å². The highest BCUT2D eigenvalue weighted by atomic mass is 16.2. The van der Waals surface area contributed by atoms with Gasteiger partial charge in [-0.3, -0.25) is 0 Å². The van der Waals surface area contributed by atoms with Crippen molar-refractivity contribution in [3.05, 3.63) is 30.1 Å². The lowest BCUT2D eigenvalue weighted by atomic mass is 10.0. The second kappa shape index (κ2) is 5.53. The van der Waals surface area contributed by atoms with E-state index in [1.165, 1.54) is 6.42 Å². The molecule has 1 fully saturated rings. The number of carbonyl (C=O) groups is 1. The van der Waals surface area contributed by atoms with Crippen LogP contribution in [0.4, 0.5) is 4.79 Å². The fourth-order valence-corrected chi connectivity index (χ4v) is 2.73. The summed E-state index contributed by atoms with van der Waals surface area (Å²) in [5, 5.41) is 2.94. The number of urea groups is 1. The Morgan fingerprint density at radius 1 is 1.50 bits per heavy atom. The Morgan fingerprint density at radius 3 is 3.15 bits per heavy atom. The highest BCUT2D eigenvalue weighted by Gasteiger charge is 2.20. The molecule has 2 heterocycles. The third-order valence-corrected chi connectivity index (χ3v) is 3.79. The number of aromatic amines is 1. The van der Waals surface area contributed by atoms with Crippen molar-refractivity contribution in [2.24, 2.45) is 5.92 Å². The number of amides is 2. The van der Waals surface area contributed by atoms with Crippen molar-refractivity contribution in [1.82, 2.24) is 20.2 Å². The van der Waals surface area contributed by atoms with Crippen LogP contribution < -0.4 is 5.32 Å². The van der Waals surface area contributed by atoms with E-state index < -0.39 is 0 Å². The summed E-state index contributed by atoms with van der Waals surface area (Å²) in [4.78, 5) is 21.7. The zero-order chi connectivity index (χ0) is 13.9. The molecule has 1 unspecified atom stereocenters. The molecule has 1 atom stereocenters. The molecule has 0 radical (unpaired) electrons. The molecule has 3 rings (SSSR count). The Balaban J connectivity index is 1.59. The number of hydrogen-bond donors (Lipinski definition) is 2. The van der Waals surface area contributed by atoms with Crippen LogP contribution in [0.3, 0.4) is 0 Å². The van der Waals surface area contributed by atoms with Crippen LogP contribution >= 0.6 is 0 Å². The average molecular weight is 272 g/mol. The minimum atomic E-state index is 0.0111. The molecule has 2 amide bonds. The van der Waals surface area contributed by atoms with Crippen LogP contribution in [-0.2, 0) is 6.54 Å². The second-order valence-electron chi connectivity index (χ2n) is 5.55. The minimum absolute atomic E-state index is 0.0111. The van der Waals surface area contributed by atoms with Crippen molar-refractivity contribution >= 4 is 17.1 Å². The fourth-order valence-electron chi connectivity index (χ4n) is 2.73. The fraction of sp³-hybridized carbons (Fsp3) is 0.467. The van der Waals surface area contributed by atoms with E-state index in [1.54, 1.807) is 0 Å². The Morgan fingerprint density at radius 2 is 2.35 bits per heavy atom. The number of imidazole rings is 1. The van der Waals surface area contributed by atoms with Crippen LogP contribution in [0.2, 0.25) is 0 Å². The molecule has 106 valence electrons. The Bertz CT molecular complexity index is 574. The Labute approximate surface area is 118 Å². The molecule has 5 heteroatoms. The molecule has 5 nitrogen and oxygen atoms in total. The molecule has 0 aliphatic carbocycles. The standard InChI is InChI=1S/C15H20N4O/c1-11-5-4-8-19(10-11)15(20)16-9-14-17-12-6-2-3-7-13(12)18-14/h2-3,6-7,11H,4-5,8-10H2,1H3,(H,16,20)(H,17,18). The molecule has 1 saturated heterocycles. The minimum Gasteiger partial charge on any atom is -0.340 e. The van der Waals surface area contributed by atoms with E-state index in [4.69, 9.17) is 0 Å². The second-order valence-corrected chi connectivity index (χ2v) is 5.55. The van der Waals surface area contributed by atoms with Gasteiger partial charge >= 0.3 is 6.03 Å². The Kier molecular flexibility index (Phi) is 3.58. The van der Waals surface area contributed by atoms with E-state index in [-0.39, 0.29) is 6.03 Å². The Hall–Kier alpha value is -2.04. The quantitative estimate of drug-likeness (QED) is 0.882. The van der Waals surface area contributed by atoms with E-state index in [0.29, 0.717) is 12.5 Å². The number of rotatable bonds is 2.